The molecule has 2 rings (SSSR count). The highest BCUT2D eigenvalue weighted by Gasteiger charge is 2.19. The molecule has 1 saturated heterocycles. The topological polar surface area (TPSA) is 68.1 Å². The van der Waals surface area contributed by atoms with Gasteiger partial charge < -0.3 is 20.5 Å². The number of hydrogen-bond donors (Lipinski definition) is 2. The summed E-state index contributed by atoms with van der Waals surface area (Å²) in [6, 6.07) is 0. The molecule has 0 aliphatic carbocycles. The van der Waals surface area contributed by atoms with E-state index >= 15 is 0 Å². The Morgan fingerprint density at radius 2 is 2.06 bits per heavy atom. The highest BCUT2D eigenvalue weighted by atomic mass is 15.3. The van der Waals surface area contributed by atoms with Crippen molar-refractivity contribution in [3.8, 4) is 0 Å². The minimum Gasteiger partial charge on any atom is -0.370 e. The molecule has 98 valence electrons. The van der Waals surface area contributed by atoms with E-state index in [4.69, 9.17) is 5.41 Å². The molecule has 1 aliphatic heterocycles. The summed E-state index contributed by atoms with van der Waals surface area (Å²) in [6.07, 6.45) is 2.91. The first kappa shape index (κ1) is 12.8. The predicted octanol–water partition coefficient (Wildman–Crippen LogP) is 0.658. The molecule has 6 nitrogen and oxygen atoms in total. The van der Waals surface area contributed by atoms with E-state index in [1.807, 2.05) is 6.92 Å². The van der Waals surface area contributed by atoms with Crippen molar-refractivity contribution in [2.45, 2.75) is 6.92 Å². The van der Waals surface area contributed by atoms with E-state index < -0.39 is 0 Å². The molecule has 2 N–H and O–H groups in total. The number of piperazine rings is 1. The molecular weight excluding hydrogens is 228 g/mol. The molecule has 0 aromatic carbocycles. The van der Waals surface area contributed by atoms with Crippen molar-refractivity contribution in [2.75, 3.05) is 50.0 Å². The van der Waals surface area contributed by atoms with Gasteiger partial charge in [-0.25, -0.2) is 9.97 Å². The van der Waals surface area contributed by atoms with E-state index in [1.54, 1.807) is 6.33 Å². The Morgan fingerprint density at radius 1 is 1.33 bits per heavy atom. The summed E-state index contributed by atoms with van der Waals surface area (Å²) in [6.45, 7) is 6.75. The first-order chi connectivity index (χ1) is 8.76. The third-order valence-corrected chi connectivity index (χ3v) is 3.15. The fourth-order valence-corrected chi connectivity index (χ4v) is 2.10. The lowest BCUT2D eigenvalue weighted by atomic mass is 10.2. The molecule has 0 unspecified atom stereocenters. The SMILES string of the molecule is CCNc1ncnc(N2CCN(C)CC2)c1C=N. The van der Waals surface area contributed by atoms with Crippen LogP contribution in [0.1, 0.15) is 12.5 Å². The quantitative estimate of drug-likeness (QED) is 0.766. The minimum absolute atomic E-state index is 0.747. The molecule has 18 heavy (non-hydrogen) atoms. The van der Waals surface area contributed by atoms with Gasteiger partial charge in [0.15, 0.2) is 0 Å². The van der Waals surface area contributed by atoms with Crippen LogP contribution in [0.4, 0.5) is 11.6 Å². The maximum absolute atomic E-state index is 7.58. The van der Waals surface area contributed by atoms with Crippen LogP contribution < -0.4 is 10.2 Å². The lowest BCUT2D eigenvalue weighted by Crippen LogP contribution is -2.45. The summed E-state index contributed by atoms with van der Waals surface area (Å²) in [4.78, 5) is 13.1. The van der Waals surface area contributed by atoms with Crippen molar-refractivity contribution >= 4 is 17.9 Å². The van der Waals surface area contributed by atoms with E-state index in [9.17, 15) is 0 Å². The fourth-order valence-electron chi connectivity index (χ4n) is 2.10. The van der Waals surface area contributed by atoms with Crippen molar-refractivity contribution in [1.29, 1.82) is 5.41 Å². The van der Waals surface area contributed by atoms with E-state index in [2.05, 4.69) is 32.1 Å². The van der Waals surface area contributed by atoms with Gasteiger partial charge in [0.05, 0.1) is 5.56 Å². The van der Waals surface area contributed by atoms with Gasteiger partial charge in [0, 0.05) is 38.9 Å². The Labute approximate surface area is 108 Å². The van der Waals surface area contributed by atoms with Gasteiger partial charge in [0.25, 0.3) is 0 Å². The monoisotopic (exact) mass is 248 g/mol. The zero-order chi connectivity index (χ0) is 13.0. The number of aromatic nitrogens is 2. The van der Waals surface area contributed by atoms with Gasteiger partial charge in [-0.2, -0.15) is 0 Å². The molecule has 0 atom stereocenters. The van der Waals surface area contributed by atoms with Crippen LogP contribution in [-0.2, 0) is 0 Å². The molecule has 0 saturated carbocycles. The first-order valence-electron chi connectivity index (χ1n) is 6.29. The van der Waals surface area contributed by atoms with Crippen LogP contribution in [0.5, 0.6) is 0 Å². The normalized spacial score (nSPS) is 16.7. The summed E-state index contributed by atoms with van der Waals surface area (Å²) >= 11 is 0. The maximum atomic E-state index is 7.58. The zero-order valence-electron chi connectivity index (χ0n) is 11.0. The van der Waals surface area contributed by atoms with Crippen molar-refractivity contribution in [2.24, 2.45) is 0 Å². The standard InChI is InChI=1S/C12H20N6/c1-3-14-11-10(8-13)12(16-9-15-11)18-6-4-17(2)5-7-18/h8-9,13H,3-7H2,1-2H3,(H,14,15,16). The molecular formula is C12H20N6. The van der Waals surface area contributed by atoms with Crippen LogP contribution in [-0.4, -0.2) is 60.9 Å². The second-order valence-corrected chi connectivity index (χ2v) is 4.42. The average molecular weight is 248 g/mol. The molecule has 2 heterocycles. The summed E-state index contributed by atoms with van der Waals surface area (Å²) in [5.41, 5.74) is 0.781. The zero-order valence-corrected chi connectivity index (χ0v) is 11.0. The van der Waals surface area contributed by atoms with E-state index in [0.717, 1.165) is 49.9 Å². The number of likely N-dealkylation sites (N-methyl/N-ethyl adjacent to an activating group) is 1. The van der Waals surface area contributed by atoms with Gasteiger partial charge >= 0.3 is 0 Å². The molecule has 0 bridgehead atoms. The third kappa shape index (κ3) is 2.59. The van der Waals surface area contributed by atoms with Gasteiger partial charge in [-0.05, 0) is 14.0 Å². The largest absolute Gasteiger partial charge is 0.370 e. The van der Waals surface area contributed by atoms with Gasteiger partial charge in [0.1, 0.15) is 18.0 Å². The molecule has 0 radical (unpaired) electrons. The van der Waals surface area contributed by atoms with E-state index in [-0.39, 0.29) is 0 Å². The van der Waals surface area contributed by atoms with Crippen LogP contribution >= 0.6 is 0 Å². The number of nitrogens with one attached hydrogen (secondary N) is 2. The third-order valence-electron chi connectivity index (χ3n) is 3.15. The lowest BCUT2D eigenvalue weighted by Gasteiger charge is -2.34. The minimum atomic E-state index is 0.747. The molecule has 0 spiro atoms. The second-order valence-electron chi connectivity index (χ2n) is 4.42. The molecule has 1 fully saturated rings. The summed E-state index contributed by atoms with van der Waals surface area (Å²) < 4.78 is 0. The van der Waals surface area contributed by atoms with Gasteiger partial charge in [-0.1, -0.05) is 0 Å². The van der Waals surface area contributed by atoms with Crippen molar-refractivity contribution in [1.82, 2.24) is 14.9 Å². The average Bonchev–Trinajstić information content (AvgIpc) is 2.40. The van der Waals surface area contributed by atoms with Gasteiger partial charge in [0.2, 0.25) is 0 Å². The van der Waals surface area contributed by atoms with E-state index in [1.165, 1.54) is 6.21 Å². The van der Waals surface area contributed by atoms with Gasteiger partial charge in [-0.15, -0.1) is 0 Å². The molecule has 1 aromatic heterocycles. The Hall–Kier alpha value is -1.69. The van der Waals surface area contributed by atoms with Crippen molar-refractivity contribution in [3.63, 3.8) is 0 Å². The van der Waals surface area contributed by atoms with E-state index in [0.29, 0.717) is 0 Å². The second kappa shape index (κ2) is 5.77. The van der Waals surface area contributed by atoms with Crippen molar-refractivity contribution in [3.05, 3.63) is 11.9 Å². The molecule has 0 amide bonds. The molecule has 1 aromatic rings. The van der Waals surface area contributed by atoms with Crippen LogP contribution in [0, 0.1) is 5.41 Å². The number of rotatable bonds is 4. The lowest BCUT2D eigenvalue weighted by molar-refractivity contribution is 0.312. The molecule has 6 heteroatoms. The number of hydrogen-bond acceptors (Lipinski definition) is 6. The highest BCUT2D eigenvalue weighted by Crippen LogP contribution is 2.22. The summed E-state index contributed by atoms with van der Waals surface area (Å²) in [7, 11) is 2.12. The van der Waals surface area contributed by atoms with Crippen LogP contribution in [0.3, 0.4) is 0 Å². The highest BCUT2D eigenvalue weighted by molar-refractivity contribution is 5.90. The Bertz CT molecular complexity index is 411. The smallest absolute Gasteiger partial charge is 0.143 e. The summed E-state index contributed by atoms with van der Waals surface area (Å²) in [5.74, 6) is 1.61. The number of anilines is 2. The molecule has 1 aliphatic rings. The van der Waals surface area contributed by atoms with Crippen LogP contribution in [0.15, 0.2) is 6.33 Å². The summed E-state index contributed by atoms with van der Waals surface area (Å²) in [5, 5.41) is 10.8. The Morgan fingerprint density at radius 3 is 2.67 bits per heavy atom. The van der Waals surface area contributed by atoms with Crippen molar-refractivity contribution < 1.29 is 0 Å². The maximum Gasteiger partial charge on any atom is 0.143 e. The van der Waals surface area contributed by atoms with Gasteiger partial charge in [-0.3, -0.25) is 0 Å². The Balaban J connectivity index is 2.26. The fraction of sp³-hybridized carbons (Fsp3) is 0.583. The Kier molecular flexibility index (Phi) is 4.09. The van der Waals surface area contributed by atoms with Crippen LogP contribution in [0.2, 0.25) is 0 Å². The van der Waals surface area contributed by atoms with Crippen LogP contribution in [0.25, 0.3) is 0 Å². The number of nitrogens with zero attached hydrogens (tertiary/aromatic N) is 4. The first-order valence-corrected chi connectivity index (χ1v) is 6.29. The predicted molar refractivity (Wildman–Crippen MR) is 73.8 cm³/mol.